The summed E-state index contributed by atoms with van der Waals surface area (Å²) < 4.78 is 23.7. The van der Waals surface area contributed by atoms with Gasteiger partial charge < -0.3 is 5.73 Å². The topological polar surface area (TPSA) is 60.2 Å². The van der Waals surface area contributed by atoms with Crippen LogP contribution in [0.5, 0.6) is 0 Å². The summed E-state index contributed by atoms with van der Waals surface area (Å²) in [6, 6.07) is 6.88. The molecule has 0 aliphatic heterocycles. The summed E-state index contributed by atoms with van der Waals surface area (Å²) >= 11 is 0. The molecule has 1 aromatic rings. The smallest absolute Gasteiger partial charge is 0.178 e. The zero-order valence-corrected chi connectivity index (χ0v) is 9.92. The van der Waals surface area contributed by atoms with Gasteiger partial charge >= 0.3 is 0 Å². The summed E-state index contributed by atoms with van der Waals surface area (Å²) in [7, 11) is -3.16. The fourth-order valence-corrected chi connectivity index (χ4v) is 2.84. The predicted octanol–water partition coefficient (Wildman–Crippen LogP) is 1.51. The molecule has 0 bridgehead atoms. The van der Waals surface area contributed by atoms with E-state index in [2.05, 4.69) is 0 Å². The van der Waals surface area contributed by atoms with Gasteiger partial charge in [-0.15, -0.1) is 0 Å². The van der Waals surface area contributed by atoms with Gasteiger partial charge in [0.05, 0.1) is 10.6 Å². The Kier molecular flexibility index (Phi) is 3.88. The molecule has 0 saturated carbocycles. The summed E-state index contributed by atoms with van der Waals surface area (Å²) in [5.41, 5.74) is 6.50. The molecule has 0 radical (unpaired) electrons. The highest BCUT2D eigenvalue weighted by atomic mass is 32.2. The Labute approximate surface area is 91.2 Å². The quantitative estimate of drug-likeness (QED) is 0.848. The molecule has 84 valence electrons. The third kappa shape index (κ3) is 3.64. The second-order valence-electron chi connectivity index (χ2n) is 3.90. The first kappa shape index (κ1) is 12.2. The van der Waals surface area contributed by atoms with Crippen LogP contribution >= 0.6 is 0 Å². The molecular weight excluding hydrogens is 210 g/mol. The number of aryl methyl sites for hydroxylation is 1. The molecule has 4 heteroatoms. The maximum atomic E-state index is 11.8. The second-order valence-corrected chi connectivity index (χ2v) is 6.01. The standard InChI is InChI=1S/C11H17NO2S/c1-9-4-3-5-11(8-9)15(13,14)7-6-10(2)12/h3-5,8,10H,6-7,12H2,1-2H3. The molecule has 1 rings (SSSR count). The third-order valence-electron chi connectivity index (χ3n) is 2.19. The van der Waals surface area contributed by atoms with Crippen LogP contribution in [0.25, 0.3) is 0 Å². The Morgan fingerprint density at radius 1 is 1.40 bits per heavy atom. The van der Waals surface area contributed by atoms with E-state index in [1.54, 1.807) is 18.2 Å². The van der Waals surface area contributed by atoms with Crippen LogP contribution in [0.2, 0.25) is 0 Å². The van der Waals surface area contributed by atoms with Crippen LogP contribution in [0.1, 0.15) is 18.9 Å². The molecule has 0 aromatic heterocycles. The summed E-state index contributed by atoms with van der Waals surface area (Å²) in [6.45, 7) is 3.69. The molecule has 15 heavy (non-hydrogen) atoms. The van der Waals surface area contributed by atoms with E-state index in [1.165, 1.54) is 0 Å². The van der Waals surface area contributed by atoms with Gasteiger partial charge in [-0.25, -0.2) is 8.42 Å². The maximum absolute atomic E-state index is 11.8. The van der Waals surface area contributed by atoms with Gasteiger partial charge in [0.15, 0.2) is 9.84 Å². The normalized spacial score (nSPS) is 13.8. The van der Waals surface area contributed by atoms with E-state index in [9.17, 15) is 8.42 Å². The fourth-order valence-electron chi connectivity index (χ4n) is 1.27. The molecule has 0 spiro atoms. The van der Waals surface area contributed by atoms with Crippen molar-refractivity contribution in [3.63, 3.8) is 0 Å². The van der Waals surface area contributed by atoms with Crippen LogP contribution < -0.4 is 5.73 Å². The van der Waals surface area contributed by atoms with Crippen molar-refractivity contribution in [2.75, 3.05) is 5.75 Å². The van der Waals surface area contributed by atoms with E-state index in [4.69, 9.17) is 5.73 Å². The van der Waals surface area contributed by atoms with Crippen LogP contribution in [0, 0.1) is 6.92 Å². The van der Waals surface area contributed by atoms with Crippen molar-refractivity contribution in [1.29, 1.82) is 0 Å². The van der Waals surface area contributed by atoms with Gasteiger partial charge in [-0.2, -0.15) is 0 Å². The van der Waals surface area contributed by atoms with Crippen molar-refractivity contribution in [2.24, 2.45) is 5.73 Å². The molecule has 1 aromatic carbocycles. The lowest BCUT2D eigenvalue weighted by Gasteiger charge is -2.07. The van der Waals surface area contributed by atoms with Gasteiger partial charge in [0, 0.05) is 6.04 Å². The van der Waals surface area contributed by atoms with Gasteiger partial charge in [0.25, 0.3) is 0 Å². The summed E-state index contributed by atoms with van der Waals surface area (Å²) in [4.78, 5) is 0.392. The van der Waals surface area contributed by atoms with Gasteiger partial charge in [0.1, 0.15) is 0 Å². The Morgan fingerprint density at radius 2 is 2.07 bits per heavy atom. The molecule has 0 fully saturated rings. The molecule has 1 unspecified atom stereocenters. The predicted molar refractivity (Wildman–Crippen MR) is 61.5 cm³/mol. The Morgan fingerprint density at radius 3 is 2.60 bits per heavy atom. The summed E-state index contributed by atoms with van der Waals surface area (Å²) in [5, 5.41) is 0. The molecular formula is C11H17NO2S. The number of rotatable bonds is 4. The van der Waals surface area contributed by atoms with E-state index >= 15 is 0 Å². The molecule has 0 heterocycles. The van der Waals surface area contributed by atoms with Crippen molar-refractivity contribution in [3.05, 3.63) is 29.8 Å². The lowest BCUT2D eigenvalue weighted by molar-refractivity contribution is 0.587. The second kappa shape index (κ2) is 4.77. The van der Waals surface area contributed by atoms with Gasteiger partial charge in [-0.1, -0.05) is 12.1 Å². The fraction of sp³-hybridized carbons (Fsp3) is 0.455. The molecule has 0 saturated heterocycles. The van der Waals surface area contributed by atoms with E-state index in [-0.39, 0.29) is 11.8 Å². The number of hydrogen-bond donors (Lipinski definition) is 1. The third-order valence-corrected chi connectivity index (χ3v) is 3.94. The first-order valence-corrected chi connectivity index (χ1v) is 6.62. The van der Waals surface area contributed by atoms with Crippen molar-refractivity contribution in [1.82, 2.24) is 0 Å². The Hall–Kier alpha value is -0.870. The average Bonchev–Trinajstić information content (AvgIpc) is 2.15. The Balaban J connectivity index is 2.87. The minimum Gasteiger partial charge on any atom is -0.328 e. The van der Waals surface area contributed by atoms with Gasteiger partial charge in [-0.05, 0) is 38.0 Å². The highest BCUT2D eigenvalue weighted by Gasteiger charge is 2.14. The van der Waals surface area contributed by atoms with Crippen LogP contribution in [0.3, 0.4) is 0 Å². The van der Waals surface area contributed by atoms with E-state index in [0.717, 1.165) is 5.56 Å². The highest BCUT2D eigenvalue weighted by molar-refractivity contribution is 7.91. The summed E-state index contributed by atoms with van der Waals surface area (Å²) in [5.74, 6) is 0.119. The highest BCUT2D eigenvalue weighted by Crippen LogP contribution is 2.13. The lowest BCUT2D eigenvalue weighted by atomic mass is 10.2. The molecule has 3 nitrogen and oxygen atoms in total. The van der Waals surface area contributed by atoms with Gasteiger partial charge in [0.2, 0.25) is 0 Å². The molecule has 0 aliphatic carbocycles. The van der Waals surface area contributed by atoms with Crippen LogP contribution in [-0.2, 0) is 9.84 Å². The summed E-state index contributed by atoms with van der Waals surface area (Å²) in [6.07, 6.45) is 0.496. The largest absolute Gasteiger partial charge is 0.328 e. The monoisotopic (exact) mass is 227 g/mol. The van der Waals surface area contributed by atoms with E-state index < -0.39 is 9.84 Å². The van der Waals surface area contributed by atoms with Crippen molar-refractivity contribution >= 4 is 9.84 Å². The number of nitrogens with two attached hydrogens (primary N) is 1. The Bertz CT molecular complexity index is 424. The van der Waals surface area contributed by atoms with Crippen molar-refractivity contribution in [3.8, 4) is 0 Å². The number of hydrogen-bond acceptors (Lipinski definition) is 3. The lowest BCUT2D eigenvalue weighted by Crippen LogP contribution is -2.20. The zero-order chi connectivity index (χ0) is 11.5. The molecule has 0 amide bonds. The minimum atomic E-state index is -3.16. The average molecular weight is 227 g/mol. The van der Waals surface area contributed by atoms with E-state index in [0.29, 0.717) is 11.3 Å². The molecule has 2 N–H and O–H groups in total. The zero-order valence-electron chi connectivity index (χ0n) is 9.10. The first-order chi connectivity index (χ1) is 6.92. The SMILES string of the molecule is Cc1cccc(S(=O)(=O)CCC(C)N)c1. The number of benzene rings is 1. The first-order valence-electron chi connectivity index (χ1n) is 4.97. The van der Waals surface area contributed by atoms with Crippen LogP contribution in [-0.4, -0.2) is 20.2 Å². The minimum absolute atomic E-state index is 0.0791. The molecule has 1 atom stereocenters. The number of sulfone groups is 1. The van der Waals surface area contributed by atoms with Crippen LogP contribution in [0.4, 0.5) is 0 Å². The van der Waals surface area contributed by atoms with E-state index in [1.807, 2.05) is 19.9 Å². The van der Waals surface area contributed by atoms with Gasteiger partial charge in [-0.3, -0.25) is 0 Å². The molecule has 0 aliphatic rings. The maximum Gasteiger partial charge on any atom is 0.178 e. The van der Waals surface area contributed by atoms with Crippen LogP contribution in [0.15, 0.2) is 29.2 Å². The van der Waals surface area contributed by atoms with Crippen molar-refractivity contribution < 1.29 is 8.42 Å². The van der Waals surface area contributed by atoms with Crippen molar-refractivity contribution in [2.45, 2.75) is 31.2 Å².